The van der Waals surface area contributed by atoms with Crippen molar-refractivity contribution in [1.82, 2.24) is 4.90 Å². The quantitative estimate of drug-likeness (QED) is 0.642. The predicted octanol–water partition coefficient (Wildman–Crippen LogP) is 4.66. The van der Waals surface area contributed by atoms with Crippen molar-refractivity contribution in [2.45, 2.75) is 63.3 Å². The number of carbonyl (C=O) groups excluding carboxylic acids is 2. The van der Waals surface area contributed by atoms with Gasteiger partial charge in [-0.15, -0.1) is 0 Å². The van der Waals surface area contributed by atoms with Crippen LogP contribution in [0.1, 0.15) is 55.7 Å². The SMILES string of the molecule is O=C(O)CCC(=O)N(C1CC1)C1c2cc(F)ccc2N(C(=O)OCc2ccccc2)C2CCC21. The highest BCUT2D eigenvalue weighted by molar-refractivity contribution is 5.91. The number of nitrogens with zero attached hydrogens (tertiary/aromatic N) is 2. The van der Waals surface area contributed by atoms with E-state index in [-0.39, 0.29) is 49.4 Å². The number of aliphatic carboxylic acids is 1. The van der Waals surface area contributed by atoms with Crippen molar-refractivity contribution < 1.29 is 28.6 Å². The maximum Gasteiger partial charge on any atom is 0.414 e. The highest BCUT2D eigenvalue weighted by Crippen LogP contribution is 2.54. The van der Waals surface area contributed by atoms with Gasteiger partial charge in [-0.3, -0.25) is 14.5 Å². The fourth-order valence-electron chi connectivity index (χ4n) is 5.25. The van der Waals surface area contributed by atoms with Crippen molar-refractivity contribution in [3.63, 3.8) is 0 Å². The molecule has 2 amide bonds. The molecule has 0 aromatic heterocycles. The van der Waals surface area contributed by atoms with Crippen molar-refractivity contribution in [2.24, 2.45) is 5.92 Å². The van der Waals surface area contributed by atoms with Crippen molar-refractivity contribution in [3.05, 3.63) is 65.5 Å². The summed E-state index contributed by atoms with van der Waals surface area (Å²) in [7, 11) is 0. The molecule has 7 nitrogen and oxygen atoms in total. The van der Waals surface area contributed by atoms with Gasteiger partial charge in [-0.1, -0.05) is 30.3 Å². The Labute approximate surface area is 197 Å². The van der Waals surface area contributed by atoms with Crippen LogP contribution in [0.15, 0.2) is 48.5 Å². The van der Waals surface area contributed by atoms with Gasteiger partial charge in [0.1, 0.15) is 12.4 Å². The molecular weight excluding hydrogens is 439 g/mol. The zero-order chi connectivity index (χ0) is 23.8. The molecule has 3 aliphatic rings. The lowest BCUT2D eigenvalue weighted by Gasteiger charge is -2.54. The van der Waals surface area contributed by atoms with E-state index in [9.17, 15) is 18.8 Å². The summed E-state index contributed by atoms with van der Waals surface area (Å²) in [4.78, 5) is 40.8. The molecule has 2 aromatic rings. The molecule has 1 aliphatic heterocycles. The Morgan fingerprint density at radius 1 is 1.03 bits per heavy atom. The molecule has 3 atom stereocenters. The minimum absolute atomic E-state index is 0.0280. The third-order valence-corrected chi connectivity index (χ3v) is 7.08. The first-order valence-corrected chi connectivity index (χ1v) is 11.8. The van der Waals surface area contributed by atoms with Gasteiger partial charge < -0.3 is 14.7 Å². The van der Waals surface area contributed by atoms with Crippen LogP contribution in [-0.4, -0.2) is 40.1 Å². The van der Waals surface area contributed by atoms with Crippen LogP contribution in [0.4, 0.5) is 14.9 Å². The lowest BCUT2D eigenvalue weighted by molar-refractivity contribution is -0.143. The van der Waals surface area contributed by atoms with Gasteiger partial charge in [0.15, 0.2) is 0 Å². The van der Waals surface area contributed by atoms with Crippen LogP contribution >= 0.6 is 0 Å². The fraction of sp³-hybridized carbons (Fsp3) is 0.423. The van der Waals surface area contributed by atoms with Crippen LogP contribution in [0.3, 0.4) is 0 Å². The Hall–Kier alpha value is -3.42. The lowest BCUT2D eigenvalue weighted by Crippen LogP contribution is -2.59. The second-order valence-electron chi connectivity index (χ2n) is 9.29. The summed E-state index contributed by atoms with van der Waals surface area (Å²) in [6, 6.07) is 13.2. The van der Waals surface area contributed by atoms with E-state index in [1.807, 2.05) is 30.3 Å². The number of carboxylic acids is 1. The van der Waals surface area contributed by atoms with Crippen molar-refractivity contribution in [1.29, 1.82) is 0 Å². The van der Waals surface area contributed by atoms with Gasteiger partial charge in [0, 0.05) is 30.0 Å². The molecule has 8 heteroatoms. The third-order valence-electron chi connectivity index (χ3n) is 7.08. The number of halogens is 1. The molecule has 5 rings (SSSR count). The zero-order valence-corrected chi connectivity index (χ0v) is 18.7. The van der Waals surface area contributed by atoms with Gasteiger partial charge >= 0.3 is 12.1 Å². The van der Waals surface area contributed by atoms with E-state index in [0.717, 1.165) is 31.2 Å². The van der Waals surface area contributed by atoms with Crippen molar-refractivity contribution in [2.75, 3.05) is 4.90 Å². The summed E-state index contributed by atoms with van der Waals surface area (Å²) >= 11 is 0. The molecule has 34 heavy (non-hydrogen) atoms. The molecule has 2 fully saturated rings. The predicted molar refractivity (Wildman–Crippen MR) is 121 cm³/mol. The molecule has 0 radical (unpaired) electrons. The molecule has 0 saturated heterocycles. The number of carbonyl (C=O) groups is 3. The van der Waals surface area contributed by atoms with E-state index >= 15 is 0 Å². The Morgan fingerprint density at radius 2 is 1.79 bits per heavy atom. The topological polar surface area (TPSA) is 87.2 Å². The molecule has 178 valence electrons. The Kier molecular flexibility index (Phi) is 5.98. The molecular formula is C26H27FN2O5. The molecule has 1 N–H and O–H groups in total. The fourth-order valence-corrected chi connectivity index (χ4v) is 5.25. The Morgan fingerprint density at radius 3 is 2.44 bits per heavy atom. The largest absolute Gasteiger partial charge is 0.481 e. The molecule has 0 bridgehead atoms. The average molecular weight is 467 g/mol. The number of carboxylic acid groups (broad SMARTS) is 1. The number of amides is 2. The summed E-state index contributed by atoms with van der Waals surface area (Å²) in [5.41, 5.74) is 2.02. The summed E-state index contributed by atoms with van der Waals surface area (Å²) in [5, 5.41) is 9.06. The number of anilines is 1. The van der Waals surface area contributed by atoms with Crippen LogP contribution in [0.5, 0.6) is 0 Å². The number of fused-ring (bicyclic) bond motifs is 2. The molecule has 2 aliphatic carbocycles. The minimum atomic E-state index is -1.02. The van der Waals surface area contributed by atoms with E-state index in [2.05, 4.69) is 0 Å². The first-order valence-electron chi connectivity index (χ1n) is 11.8. The number of benzene rings is 2. The molecule has 0 spiro atoms. The molecule has 3 unspecified atom stereocenters. The second kappa shape index (κ2) is 9.08. The van der Waals surface area contributed by atoms with E-state index in [0.29, 0.717) is 11.3 Å². The van der Waals surface area contributed by atoms with Crippen LogP contribution in [-0.2, 0) is 20.9 Å². The van der Waals surface area contributed by atoms with E-state index in [1.54, 1.807) is 15.9 Å². The lowest BCUT2D eigenvalue weighted by atomic mass is 9.68. The van der Waals surface area contributed by atoms with Gasteiger partial charge in [0.2, 0.25) is 5.91 Å². The van der Waals surface area contributed by atoms with Gasteiger partial charge in [-0.2, -0.15) is 0 Å². The maximum atomic E-state index is 14.4. The molecule has 2 saturated carbocycles. The first kappa shape index (κ1) is 22.4. The third kappa shape index (κ3) is 4.24. The molecule has 1 heterocycles. The summed E-state index contributed by atoms with van der Waals surface area (Å²) in [6.07, 6.45) is 2.44. The van der Waals surface area contributed by atoms with Crippen molar-refractivity contribution in [3.8, 4) is 0 Å². The summed E-state index contributed by atoms with van der Waals surface area (Å²) < 4.78 is 20.0. The summed E-state index contributed by atoms with van der Waals surface area (Å²) in [6.45, 7) is 0.134. The van der Waals surface area contributed by atoms with E-state index in [4.69, 9.17) is 9.84 Å². The average Bonchev–Trinajstić information content (AvgIpc) is 3.63. The zero-order valence-electron chi connectivity index (χ0n) is 18.7. The van der Waals surface area contributed by atoms with Crippen LogP contribution in [0, 0.1) is 11.7 Å². The van der Waals surface area contributed by atoms with Gasteiger partial charge in [-0.25, -0.2) is 9.18 Å². The first-order chi connectivity index (χ1) is 16.4. The highest BCUT2D eigenvalue weighted by Gasteiger charge is 2.53. The standard InChI is InChI=1S/C26H27FN2O5/c27-17-6-10-22-20(14-17)25(28(18-7-8-18)23(30)12-13-24(31)32)19-9-11-21(19)29(22)26(33)34-15-16-4-2-1-3-5-16/h1-6,10,14,18-19,21,25H,7-9,11-13,15H2,(H,31,32). The Bertz CT molecular complexity index is 1100. The smallest absolute Gasteiger partial charge is 0.414 e. The number of hydrogen-bond donors (Lipinski definition) is 1. The number of rotatable bonds is 7. The van der Waals surface area contributed by atoms with Gasteiger partial charge in [0.05, 0.1) is 18.2 Å². The second-order valence-corrected chi connectivity index (χ2v) is 9.29. The Balaban J connectivity index is 1.45. The monoisotopic (exact) mass is 466 g/mol. The van der Waals surface area contributed by atoms with Crippen LogP contribution < -0.4 is 4.90 Å². The van der Waals surface area contributed by atoms with Crippen LogP contribution in [0.2, 0.25) is 0 Å². The number of hydrogen-bond acceptors (Lipinski definition) is 4. The highest BCUT2D eigenvalue weighted by atomic mass is 19.1. The van der Waals surface area contributed by atoms with Crippen molar-refractivity contribution >= 4 is 23.7 Å². The maximum absolute atomic E-state index is 14.4. The minimum Gasteiger partial charge on any atom is -0.481 e. The van der Waals surface area contributed by atoms with E-state index < -0.39 is 17.9 Å². The number of ether oxygens (including phenoxy) is 1. The van der Waals surface area contributed by atoms with Crippen LogP contribution in [0.25, 0.3) is 0 Å². The van der Waals surface area contributed by atoms with Gasteiger partial charge in [0.25, 0.3) is 0 Å². The molecule has 2 aromatic carbocycles. The summed E-state index contributed by atoms with van der Waals surface area (Å²) in [5.74, 6) is -1.73. The normalized spacial score (nSPS) is 22.7. The van der Waals surface area contributed by atoms with Gasteiger partial charge in [-0.05, 0) is 49.4 Å². The van der Waals surface area contributed by atoms with E-state index in [1.165, 1.54) is 12.1 Å².